The summed E-state index contributed by atoms with van der Waals surface area (Å²) in [6.45, 7) is 0. The number of imide groups is 1. The van der Waals surface area contributed by atoms with E-state index in [9.17, 15) is 9.59 Å². The minimum atomic E-state index is -0.352. The van der Waals surface area contributed by atoms with E-state index < -0.39 is 0 Å². The third-order valence-electron chi connectivity index (χ3n) is 2.88. The molecule has 0 radical (unpaired) electrons. The summed E-state index contributed by atoms with van der Waals surface area (Å²) in [4.78, 5) is 28.6. The highest BCUT2D eigenvalue weighted by Crippen LogP contribution is 2.27. The molecule has 23 heavy (non-hydrogen) atoms. The molecule has 2 heterocycles. The first-order valence-electron chi connectivity index (χ1n) is 6.74. The summed E-state index contributed by atoms with van der Waals surface area (Å²) in [5.74, 6) is -0.502. The molecule has 0 spiro atoms. The van der Waals surface area contributed by atoms with E-state index in [4.69, 9.17) is 0 Å². The molecule has 1 aromatic carbocycles. The van der Waals surface area contributed by atoms with Gasteiger partial charge in [-0.15, -0.1) is 22.7 Å². The van der Waals surface area contributed by atoms with Crippen molar-refractivity contribution in [3.63, 3.8) is 0 Å². The molecule has 0 fully saturated rings. The molecule has 0 atom stereocenters. The third kappa shape index (κ3) is 4.28. The number of carbonyl (C=O) groups is 2. The number of hydrogen-bond acceptors (Lipinski definition) is 6. The smallest absolute Gasteiger partial charge is 0.267 e. The lowest BCUT2D eigenvalue weighted by Gasteiger charge is -2.01. The number of amides is 2. The lowest BCUT2D eigenvalue weighted by Crippen LogP contribution is -2.31. The van der Waals surface area contributed by atoms with Crippen molar-refractivity contribution in [1.82, 2.24) is 10.3 Å². The molecule has 7 heteroatoms. The second kappa shape index (κ2) is 7.54. The van der Waals surface area contributed by atoms with Crippen LogP contribution in [0.2, 0.25) is 0 Å². The molecule has 0 aliphatic carbocycles. The molecule has 0 aliphatic rings. The first-order valence-corrected chi connectivity index (χ1v) is 9.48. The fraction of sp³-hybridized carbons (Fsp3) is 0.0625. The fourth-order valence-electron chi connectivity index (χ4n) is 1.82. The van der Waals surface area contributed by atoms with Crippen LogP contribution in [-0.4, -0.2) is 22.6 Å². The maximum absolute atomic E-state index is 11.8. The Morgan fingerprint density at radius 1 is 1.09 bits per heavy atom. The Balaban J connectivity index is 1.53. The molecule has 2 aromatic heterocycles. The van der Waals surface area contributed by atoms with E-state index in [2.05, 4.69) is 10.3 Å². The highest BCUT2D eigenvalue weighted by atomic mass is 32.2. The van der Waals surface area contributed by atoms with Crippen LogP contribution in [0.1, 0.15) is 9.67 Å². The number of benzene rings is 1. The molecular formula is C16H12N2O2S3. The van der Waals surface area contributed by atoms with Gasteiger partial charge >= 0.3 is 0 Å². The molecule has 0 aliphatic heterocycles. The van der Waals surface area contributed by atoms with E-state index in [0.717, 1.165) is 15.6 Å². The van der Waals surface area contributed by atoms with Crippen LogP contribution in [0.5, 0.6) is 0 Å². The number of thiazole rings is 1. The van der Waals surface area contributed by atoms with Gasteiger partial charge in [0.15, 0.2) is 4.34 Å². The Morgan fingerprint density at radius 3 is 2.65 bits per heavy atom. The van der Waals surface area contributed by atoms with Crippen LogP contribution in [0.4, 0.5) is 0 Å². The molecule has 3 aromatic rings. The average Bonchev–Trinajstić information content (AvgIpc) is 3.25. The molecule has 3 rings (SSSR count). The van der Waals surface area contributed by atoms with Gasteiger partial charge in [0.2, 0.25) is 5.91 Å². The van der Waals surface area contributed by atoms with Gasteiger partial charge in [0.1, 0.15) is 0 Å². The van der Waals surface area contributed by atoms with Crippen LogP contribution in [-0.2, 0) is 4.79 Å². The number of rotatable bonds is 5. The van der Waals surface area contributed by atoms with Crippen LogP contribution in [0, 0.1) is 0 Å². The third-order valence-corrected chi connectivity index (χ3v) is 5.77. The van der Waals surface area contributed by atoms with E-state index in [0.29, 0.717) is 4.88 Å². The second-order valence-corrected chi connectivity index (χ2v) is 7.54. The summed E-state index contributed by atoms with van der Waals surface area (Å²) in [6.07, 6.45) is 0. The predicted molar refractivity (Wildman–Crippen MR) is 95.1 cm³/mol. The Hall–Kier alpha value is -1.96. The minimum absolute atomic E-state index is 0.166. The van der Waals surface area contributed by atoms with Gasteiger partial charge in [0, 0.05) is 10.9 Å². The number of hydrogen-bond donors (Lipinski definition) is 1. The van der Waals surface area contributed by atoms with Gasteiger partial charge in [0.05, 0.1) is 16.3 Å². The van der Waals surface area contributed by atoms with Crippen LogP contribution in [0.3, 0.4) is 0 Å². The monoisotopic (exact) mass is 360 g/mol. The molecule has 116 valence electrons. The van der Waals surface area contributed by atoms with Crippen LogP contribution < -0.4 is 5.32 Å². The topological polar surface area (TPSA) is 59.1 Å². The SMILES string of the molecule is O=C(CSc1nc(-c2ccccc2)cs1)NC(=O)c1cccs1. The number of carbonyl (C=O) groups excluding carboxylic acids is 2. The molecule has 0 saturated carbocycles. The summed E-state index contributed by atoms with van der Waals surface area (Å²) in [5, 5.41) is 6.14. The zero-order chi connectivity index (χ0) is 16.1. The van der Waals surface area contributed by atoms with E-state index >= 15 is 0 Å². The van der Waals surface area contributed by atoms with E-state index in [1.54, 1.807) is 17.5 Å². The molecule has 0 saturated heterocycles. The van der Waals surface area contributed by atoms with Crippen LogP contribution in [0.15, 0.2) is 57.6 Å². The van der Waals surface area contributed by atoms with Gasteiger partial charge < -0.3 is 0 Å². The molecule has 1 N–H and O–H groups in total. The van der Waals surface area contributed by atoms with Crippen molar-refractivity contribution in [3.05, 3.63) is 58.1 Å². The molecular weight excluding hydrogens is 348 g/mol. The number of thioether (sulfide) groups is 1. The zero-order valence-corrected chi connectivity index (χ0v) is 14.3. The van der Waals surface area contributed by atoms with Crippen molar-refractivity contribution in [2.45, 2.75) is 4.34 Å². The number of nitrogens with zero attached hydrogens (tertiary/aromatic N) is 1. The Kier molecular flexibility index (Phi) is 5.22. The van der Waals surface area contributed by atoms with Crippen molar-refractivity contribution in [3.8, 4) is 11.3 Å². The largest absolute Gasteiger partial charge is 0.291 e. The minimum Gasteiger partial charge on any atom is -0.291 e. The molecule has 2 amide bonds. The molecule has 0 bridgehead atoms. The van der Waals surface area contributed by atoms with Crippen molar-refractivity contribution in [2.75, 3.05) is 5.75 Å². The van der Waals surface area contributed by atoms with Crippen LogP contribution >= 0.6 is 34.4 Å². The van der Waals surface area contributed by atoms with E-state index in [1.165, 1.54) is 34.4 Å². The normalized spacial score (nSPS) is 10.4. The van der Waals surface area contributed by atoms with Crippen molar-refractivity contribution in [1.29, 1.82) is 0 Å². The van der Waals surface area contributed by atoms with Crippen molar-refractivity contribution >= 4 is 46.2 Å². The molecule has 4 nitrogen and oxygen atoms in total. The van der Waals surface area contributed by atoms with Gasteiger partial charge in [0.25, 0.3) is 5.91 Å². The summed E-state index contributed by atoms with van der Waals surface area (Å²) in [6, 6.07) is 13.3. The van der Waals surface area contributed by atoms with E-state index in [-0.39, 0.29) is 17.6 Å². The maximum Gasteiger partial charge on any atom is 0.267 e. The summed E-state index contributed by atoms with van der Waals surface area (Å²) < 4.78 is 0.808. The average molecular weight is 360 g/mol. The standard InChI is InChI=1S/C16H12N2O2S3/c19-14(18-15(20)13-7-4-8-21-13)10-23-16-17-12(9-22-16)11-5-2-1-3-6-11/h1-9H,10H2,(H,18,19,20). The second-order valence-electron chi connectivity index (χ2n) is 4.51. The van der Waals surface area contributed by atoms with Gasteiger partial charge in [-0.25, -0.2) is 4.98 Å². The Bertz CT molecular complexity index is 798. The quantitative estimate of drug-likeness (QED) is 0.701. The van der Waals surface area contributed by atoms with Crippen molar-refractivity contribution in [2.24, 2.45) is 0 Å². The Labute approximate surface area is 145 Å². The number of aromatic nitrogens is 1. The number of thiophene rings is 1. The lowest BCUT2D eigenvalue weighted by molar-refractivity contribution is -0.117. The maximum atomic E-state index is 11.8. The summed E-state index contributed by atoms with van der Waals surface area (Å²) in [5.41, 5.74) is 1.95. The van der Waals surface area contributed by atoms with Crippen molar-refractivity contribution < 1.29 is 9.59 Å². The number of nitrogens with one attached hydrogen (secondary N) is 1. The summed E-state index contributed by atoms with van der Waals surface area (Å²) >= 11 is 4.13. The Morgan fingerprint density at radius 2 is 1.91 bits per heavy atom. The summed E-state index contributed by atoms with van der Waals surface area (Å²) in [7, 11) is 0. The van der Waals surface area contributed by atoms with Gasteiger partial charge in [-0.2, -0.15) is 0 Å². The first kappa shape index (κ1) is 15.9. The first-order chi connectivity index (χ1) is 11.2. The van der Waals surface area contributed by atoms with Gasteiger partial charge in [-0.3, -0.25) is 14.9 Å². The fourth-order valence-corrected chi connectivity index (χ4v) is 4.08. The zero-order valence-electron chi connectivity index (χ0n) is 11.9. The predicted octanol–water partition coefficient (Wildman–Crippen LogP) is 3.92. The van der Waals surface area contributed by atoms with Crippen LogP contribution in [0.25, 0.3) is 11.3 Å². The molecule has 0 unspecified atom stereocenters. The highest BCUT2D eigenvalue weighted by Gasteiger charge is 2.12. The highest BCUT2D eigenvalue weighted by molar-refractivity contribution is 8.01. The van der Waals surface area contributed by atoms with E-state index in [1.807, 2.05) is 35.7 Å². The lowest BCUT2D eigenvalue weighted by atomic mass is 10.2. The van der Waals surface area contributed by atoms with Gasteiger partial charge in [-0.05, 0) is 11.4 Å². The van der Waals surface area contributed by atoms with Gasteiger partial charge in [-0.1, -0.05) is 48.2 Å².